The number of rotatable bonds is 5. The van der Waals surface area contributed by atoms with E-state index >= 15 is 0 Å². The van der Waals surface area contributed by atoms with Crippen LogP contribution in [0.25, 0.3) is 11.0 Å². The summed E-state index contributed by atoms with van der Waals surface area (Å²) in [5, 5.41) is 0.671. The van der Waals surface area contributed by atoms with Crippen molar-refractivity contribution < 1.29 is 17.6 Å². The molecular weight excluding hydrogens is 424 g/mol. The second kappa shape index (κ2) is 8.71. The summed E-state index contributed by atoms with van der Waals surface area (Å²) >= 11 is 0. The van der Waals surface area contributed by atoms with E-state index in [0.29, 0.717) is 29.6 Å². The van der Waals surface area contributed by atoms with Gasteiger partial charge in [-0.25, -0.2) is 13.1 Å². The van der Waals surface area contributed by atoms with Gasteiger partial charge in [-0.3, -0.25) is 4.79 Å². The molecule has 0 bridgehead atoms. The molecule has 1 saturated heterocycles. The molecule has 7 heteroatoms. The highest BCUT2D eigenvalue weighted by atomic mass is 32.2. The Balaban J connectivity index is 1.75. The summed E-state index contributed by atoms with van der Waals surface area (Å²) in [6.07, 6.45) is 3.08. The summed E-state index contributed by atoms with van der Waals surface area (Å²) < 4.78 is 35.5. The lowest BCUT2D eigenvalue weighted by Crippen LogP contribution is -2.35. The first-order valence-electron chi connectivity index (χ1n) is 11.1. The van der Waals surface area contributed by atoms with Crippen LogP contribution in [0.2, 0.25) is 0 Å². The molecule has 0 atom stereocenters. The smallest absolute Gasteiger partial charge is 0.289 e. The number of nitrogens with zero attached hydrogens (tertiary/aromatic N) is 1. The van der Waals surface area contributed by atoms with Gasteiger partial charge in [0, 0.05) is 30.6 Å². The summed E-state index contributed by atoms with van der Waals surface area (Å²) in [5.41, 5.74) is 4.40. The molecule has 2 aromatic carbocycles. The lowest BCUT2D eigenvalue weighted by atomic mass is 10.0. The maximum atomic E-state index is 13.4. The Morgan fingerprint density at radius 2 is 1.66 bits per heavy atom. The van der Waals surface area contributed by atoms with E-state index in [4.69, 9.17) is 4.42 Å². The van der Waals surface area contributed by atoms with Crippen LogP contribution in [0, 0.1) is 27.7 Å². The fourth-order valence-electron chi connectivity index (χ4n) is 4.27. The molecule has 6 nitrogen and oxygen atoms in total. The molecule has 1 amide bonds. The van der Waals surface area contributed by atoms with Crippen molar-refractivity contribution in [3.63, 3.8) is 0 Å². The summed E-state index contributed by atoms with van der Waals surface area (Å²) in [4.78, 5) is 15.0. The molecule has 1 aliphatic heterocycles. The highest BCUT2D eigenvalue weighted by molar-refractivity contribution is 7.89. The third-order valence-corrected chi connectivity index (χ3v) is 7.94. The van der Waals surface area contributed by atoms with Gasteiger partial charge in [0.25, 0.3) is 5.91 Å². The monoisotopic (exact) mass is 454 g/mol. The first kappa shape index (κ1) is 22.6. The molecule has 32 heavy (non-hydrogen) atoms. The number of aryl methyl sites for hydroxylation is 3. The molecule has 0 spiro atoms. The predicted molar refractivity (Wildman–Crippen MR) is 125 cm³/mol. The van der Waals surface area contributed by atoms with Crippen molar-refractivity contribution in [2.24, 2.45) is 0 Å². The van der Waals surface area contributed by atoms with Gasteiger partial charge in [-0.15, -0.1) is 0 Å². The lowest BCUT2D eigenvalue weighted by molar-refractivity contribution is 0.0693. The van der Waals surface area contributed by atoms with E-state index in [2.05, 4.69) is 4.72 Å². The predicted octanol–water partition coefficient (Wildman–Crippen LogP) is 4.77. The van der Waals surface area contributed by atoms with Crippen molar-refractivity contribution in [1.29, 1.82) is 0 Å². The summed E-state index contributed by atoms with van der Waals surface area (Å²) in [6, 6.07) is 9.63. The minimum Gasteiger partial charge on any atom is -0.449 e. The average molecular weight is 455 g/mol. The number of furan rings is 1. The second-order valence-electron chi connectivity index (χ2n) is 8.74. The number of piperidine rings is 1. The maximum Gasteiger partial charge on any atom is 0.289 e. The Labute approximate surface area is 189 Å². The molecule has 1 aromatic heterocycles. The second-order valence-corrected chi connectivity index (χ2v) is 10.4. The molecule has 1 aliphatic rings. The van der Waals surface area contributed by atoms with Crippen LogP contribution in [0.4, 0.5) is 0 Å². The summed E-state index contributed by atoms with van der Waals surface area (Å²) in [5.74, 6) is 0.0755. The van der Waals surface area contributed by atoms with Gasteiger partial charge in [0.15, 0.2) is 11.3 Å². The number of sulfonamides is 1. The van der Waals surface area contributed by atoms with Crippen LogP contribution in [0.1, 0.15) is 57.6 Å². The Hall–Kier alpha value is -2.64. The Morgan fingerprint density at radius 1 is 1.00 bits per heavy atom. The molecule has 0 unspecified atom stereocenters. The lowest BCUT2D eigenvalue weighted by Gasteiger charge is -2.25. The van der Waals surface area contributed by atoms with Crippen molar-refractivity contribution >= 4 is 26.9 Å². The fourth-order valence-corrected chi connectivity index (χ4v) is 5.73. The molecule has 1 fully saturated rings. The Bertz CT molecular complexity index is 1270. The molecule has 2 heterocycles. The number of nitrogens with one attached hydrogen (secondary N) is 1. The van der Waals surface area contributed by atoms with E-state index < -0.39 is 10.0 Å². The Kier molecular flexibility index (Phi) is 6.14. The number of fused-ring (bicyclic) bond motifs is 1. The summed E-state index contributed by atoms with van der Waals surface area (Å²) in [7, 11) is -3.87. The van der Waals surface area contributed by atoms with E-state index in [1.54, 1.807) is 11.8 Å². The van der Waals surface area contributed by atoms with E-state index in [-0.39, 0.29) is 28.7 Å². The van der Waals surface area contributed by atoms with Crippen LogP contribution in [0.15, 0.2) is 39.6 Å². The highest BCUT2D eigenvalue weighted by Crippen LogP contribution is 2.35. The van der Waals surface area contributed by atoms with E-state index in [1.807, 2.05) is 51.1 Å². The van der Waals surface area contributed by atoms with Crippen LogP contribution >= 0.6 is 0 Å². The van der Waals surface area contributed by atoms with Crippen LogP contribution in [-0.2, 0) is 16.6 Å². The normalized spacial score (nSPS) is 14.8. The first-order valence-corrected chi connectivity index (χ1v) is 12.5. The van der Waals surface area contributed by atoms with Crippen molar-refractivity contribution in [1.82, 2.24) is 9.62 Å². The van der Waals surface area contributed by atoms with Gasteiger partial charge in [0.1, 0.15) is 4.90 Å². The number of benzene rings is 2. The van der Waals surface area contributed by atoms with Crippen LogP contribution in [-0.4, -0.2) is 32.3 Å². The average Bonchev–Trinajstić information content (AvgIpc) is 3.09. The number of carbonyl (C=O) groups excluding carboxylic acids is 1. The van der Waals surface area contributed by atoms with E-state index in [0.717, 1.165) is 36.0 Å². The van der Waals surface area contributed by atoms with Gasteiger partial charge >= 0.3 is 0 Å². The van der Waals surface area contributed by atoms with Crippen molar-refractivity contribution in [2.75, 3.05) is 13.1 Å². The van der Waals surface area contributed by atoms with Crippen LogP contribution in [0.5, 0.6) is 0 Å². The van der Waals surface area contributed by atoms with Gasteiger partial charge < -0.3 is 9.32 Å². The Morgan fingerprint density at radius 3 is 2.31 bits per heavy atom. The standard InChI is InChI=1S/C25H30N2O4S/c1-16-8-10-20(11-9-16)15-26-32(29,30)24-18(3)17(2)14-21-19(4)22(31-23(21)24)25(28)27-12-6-5-7-13-27/h8-11,14,26H,5-7,12-13,15H2,1-4H3. The van der Waals surface area contributed by atoms with Gasteiger partial charge in [-0.1, -0.05) is 29.8 Å². The SMILES string of the molecule is Cc1ccc(CNS(=O)(=O)c2c(C)c(C)cc3c(C)c(C(=O)N4CCCCC4)oc23)cc1. The van der Waals surface area contributed by atoms with E-state index in [1.165, 1.54) is 0 Å². The molecule has 170 valence electrons. The van der Waals surface area contributed by atoms with Crippen LogP contribution in [0.3, 0.4) is 0 Å². The quantitative estimate of drug-likeness (QED) is 0.602. The zero-order chi connectivity index (χ0) is 23.0. The molecule has 4 rings (SSSR count). The van der Waals surface area contributed by atoms with Gasteiger partial charge in [-0.05, 0) is 69.7 Å². The first-order chi connectivity index (χ1) is 15.2. The molecule has 0 aliphatic carbocycles. The van der Waals surface area contributed by atoms with Crippen LogP contribution < -0.4 is 4.72 Å². The third kappa shape index (κ3) is 4.19. The van der Waals surface area contributed by atoms with E-state index in [9.17, 15) is 13.2 Å². The minimum absolute atomic E-state index is 0.111. The molecule has 3 aromatic rings. The number of likely N-dealkylation sites (tertiary alicyclic amines) is 1. The number of hydrogen-bond donors (Lipinski definition) is 1. The highest BCUT2D eigenvalue weighted by Gasteiger charge is 2.30. The topological polar surface area (TPSA) is 79.6 Å². The number of hydrogen-bond acceptors (Lipinski definition) is 4. The maximum absolute atomic E-state index is 13.4. The largest absolute Gasteiger partial charge is 0.449 e. The fraction of sp³-hybridized carbons (Fsp3) is 0.400. The van der Waals surface area contributed by atoms with Gasteiger partial charge in [0.2, 0.25) is 10.0 Å². The van der Waals surface area contributed by atoms with Crippen molar-refractivity contribution in [2.45, 2.75) is 58.4 Å². The summed E-state index contributed by atoms with van der Waals surface area (Å²) in [6.45, 7) is 9.06. The number of carbonyl (C=O) groups is 1. The number of amides is 1. The molecule has 0 radical (unpaired) electrons. The van der Waals surface area contributed by atoms with Gasteiger partial charge in [0.05, 0.1) is 0 Å². The zero-order valence-corrected chi connectivity index (χ0v) is 19.9. The molecule has 1 N–H and O–H groups in total. The molecule has 0 saturated carbocycles. The minimum atomic E-state index is -3.87. The third-order valence-electron chi connectivity index (χ3n) is 6.39. The van der Waals surface area contributed by atoms with Crippen molar-refractivity contribution in [3.05, 3.63) is 63.9 Å². The van der Waals surface area contributed by atoms with Crippen molar-refractivity contribution in [3.8, 4) is 0 Å². The van der Waals surface area contributed by atoms with Gasteiger partial charge in [-0.2, -0.15) is 0 Å². The molecular formula is C25H30N2O4S. The zero-order valence-electron chi connectivity index (χ0n) is 19.1.